The number of carbonyl (C=O) groups is 1. The van der Waals surface area contributed by atoms with Crippen LogP contribution >= 0.6 is 0 Å². The van der Waals surface area contributed by atoms with Gasteiger partial charge >= 0.3 is 0 Å². The van der Waals surface area contributed by atoms with Crippen molar-refractivity contribution in [2.45, 2.75) is 45.8 Å². The molecule has 23 heavy (non-hydrogen) atoms. The predicted molar refractivity (Wildman–Crippen MR) is 82.0 cm³/mol. The third-order valence-corrected chi connectivity index (χ3v) is 4.67. The minimum absolute atomic E-state index is 0.0610. The highest BCUT2D eigenvalue weighted by atomic mass is 19.3. The summed E-state index contributed by atoms with van der Waals surface area (Å²) in [6.45, 7) is 3.85. The number of aromatic nitrogens is 3. The van der Waals surface area contributed by atoms with Gasteiger partial charge in [0.25, 0.3) is 6.43 Å². The van der Waals surface area contributed by atoms with Gasteiger partial charge in [0.15, 0.2) is 0 Å². The van der Waals surface area contributed by atoms with Crippen molar-refractivity contribution in [1.29, 1.82) is 0 Å². The molecule has 0 aliphatic heterocycles. The molecule has 2 heterocycles. The quantitative estimate of drug-likeness (QED) is 0.822. The van der Waals surface area contributed by atoms with Gasteiger partial charge in [-0.2, -0.15) is 5.10 Å². The fourth-order valence-electron chi connectivity index (χ4n) is 2.48. The van der Waals surface area contributed by atoms with E-state index in [-0.39, 0.29) is 13.0 Å². The number of hydrogen-bond donors (Lipinski definition) is 2. The number of ketones is 1. The zero-order valence-corrected chi connectivity index (χ0v) is 13.4. The molecule has 0 amide bonds. The van der Waals surface area contributed by atoms with Crippen LogP contribution in [0.15, 0.2) is 30.6 Å². The Morgan fingerprint density at radius 3 is 2.65 bits per heavy atom. The Morgan fingerprint density at radius 1 is 1.43 bits per heavy atom. The molecule has 2 atom stereocenters. The number of rotatable bonds is 7. The van der Waals surface area contributed by atoms with Crippen LogP contribution in [0.5, 0.6) is 0 Å². The first kappa shape index (κ1) is 17.3. The van der Waals surface area contributed by atoms with Gasteiger partial charge in [-0.05, 0) is 45.4 Å². The van der Waals surface area contributed by atoms with Crippen molar-refractivity contribution < 1.29 is 18.7 Å². The summed E-state index contributed by atoms with van der Waals surface area (Å²) in [6.07, 6.45) is 0.545. The van der Waals surface area contributed by atoms with E-state index in [1.165, 1.54) is 13.8 Å². The highest BCUT2D eigenvalue weighted by Gasteiger charge is 2.52. The minimum Gasteiger partial charge on any atom is -0.383 e. The van der Waals surface area contributed by atoms with E-state index in [0.29, 0.717) is 0 Å². The van der Waals surface area contributed by atoms with E-state index in [4.69, 9.17) is 0 Å². The standard InChI is InChI=1S/C16H21F2N3O2/c1-11(22)15(2,16(3,23)14(17)18)7-10-21-9-6-13(20-21)12-5-4-8-19-12/h4-6,8-9,14,19,23H,7,10H2,1-3H3. The summed E-state index contributed by atoms with van der Waals surface area (Å²) in [6, 6.07) is 5.51. The average Bonchev–Trinajstić information content (AvgIpc) is 3.14. The third-order valence-electron chi connectivity index (χ3n) is 4.67. The summed E-state index contributed by atoms with van der Waals surface area (Å²) in [4.78, 5) is 14.9. The molecule has 5 nitrogen and oxygen atoms in total. The van der Waals surface area contributed by atoms with Gasteiger partial charge in [-0.15, -0.1) is 0 Å². The highest BCUT2D eigenvalue weighted by molar-refractivity contribution is 5.83. The lowest BCUT2D eigenvalue weighted by Gasteiger charge is -2.40. The molecule has 2 aromatic heterocycles. The molecule has 126 valence electrons. The number of alkyl halides is 2. The Hall–Kier alpha value is -2.02. The summed E-state index contributed by atoms with van der Waals surface area (Å²) >= 11 is 0. The topological polar surface area (TPSA) is 70.9 Å². The Morgan fingerprint density at radius 2 is 2.13 bits per heavy atom. The van der Waals surface area contributed by atoms with Crippen LogP contribution in [-0.2, 0) is 11.3 Å². The summed E-state index contributed by atoms with van der Waals surface area (Å²) in [5, 5.41) is 14.5. The Kier molecular flexibility index (Phi) is 4.70. The van der Waals surface area contributed by atoms with Gasteiger partial charge in [0.05, 0.1) is 11.1 Å². The highest BCUT2D eigenvalue weighted by Crippen LogP contribution is 2.40. The maximum Gasteiger partial charge on any atom is 0.267 e. The maximum absolute atomic E-state index is 13.2. The number of aryl methyl sites for hydroxylation is 1. The second-order valence-electron chi connectivity index (χ2n) is 6.13. The fourth-order valence-corrected chi connectivity index (χ4v) is 2.48. The van der Waals surface area contributed by atoms with Crippen molar-refractivity contribution in [3.05, 3.63) is 30.6 Å². The first-order chi connectivity index (χ1) is 10.7. The van der Waals surface area contributed by atoms with Crippen LogP contribution in [0, 0.1) is 5.41 Å². The lowest BCUT2D eigenvalue weighted by atomic mass is 9.69. The van der Waals surface area contributed by atoms with E-state index in [9.17, 15) is 18.7 Å². The van der Waals surface area contributed by atoms with Gasteiger partial charge in [-0.1, -0.05) is 0 Å². The van der Waals surface area contributed by atoms with E-state index < -0.39 is 23.2 Å². The lowest BCUT2D eigenvalue weighted by molar-refractivity contribution is -0.174. The smallest absolute Gasteiger partial charge is 0.267 e. The van der Waals surface area contributed by atoms with Crippen molar-refractivity contribution >= 4 is 5.78 Å². The minimum atomic E-state index is -3.01. The summed E-state index contributed by atoms with van der Waals surface area (Å²) < 4.78 is 27.9. The van der Waals surface area contributed by atoms with E-state index in [1.807, 2.05) is 12.1 Å². The number of carbonyl (C=O) groups excluding carboxylic acids is 1. The molecular formula is C16H21F2N3O2. The molecule has 2 aromatic rings. The van der Waals surface area contributed by atoms with E-state index >= 15 is 0 Å². The molecule has 0 spiro atoms. The predicted octanol–water partition coefficient (Wildman–Crippen LogP) is 2.88. The number of aromatic amines is 1. The average molecular weight is 325 g/mol. The summed E-state index contributed by atoms with van der Waals surface area (Å²) in [7, 11) is 0. The van der Waals surface area contributed by atoms with E-state index in [2.05, 4.69) is 10.1 Å². The number of H-pyrrole nitrogens is 1. The van der Waals surface area contributed by atoms with Crippen molar-refractivity contribution in [3.8, 4) is 11.4 Å². The Bertz CT molecular complexity index is 665. The number of nitrogens with zero attached hydrogens (tertiary/aromatic N) is 2. The van der Waals surface area contributed by atoms with Crippen LogP contribution in [0.25, 0.3) is 11.4 Å². The Labute approximate surface area is 133 Å². The van der Waals surface area contributed by atoms with Crippen LogP contribution in [0.3, 0.4) is 0 Å². The molecule has 0 aromatic carbocycles. The zero-order valence-electron chi connectivity index (χ0n) is 13.4. The second kappa shape index (κ2) is 6.23. The van der Waals surface area contributed by atoms with Crippen LogP contribution in [-0.4, -0.2) is 37.7 Å². The molecule has 2 rings (SSSR count). The number of nitrogens with one attached hydrogen (secondary N) is 1. The molecule has 0 aliphatic carbocycles. The van der Waals surface area contributed by atoms with Crippen LogP contribution in [0.1, 0.15) is 27.2 Å². The molecular weight excluding hydrogens is 304 g/mol. The van der Waals surface area contributed by atoms with Gasteiger partial charge in [0.2, 0.25) is 0 Å². The van der Waals surface area contributed by atoms with Gasteiger partial charge in [-0.3, -0.25) is 9.48 Å². The Balaban J connectivity index is 2.15. The summed E-state index contributed by atoms with van der Waals surface area (Å²) in [5.41, 5.74) is -2.38. The number of Topliss-reactive ketones (excluding diaryl/α,β-unsaturated/α-hetero) is 1. The number of aliphatic hydroxyl groups is 1. The normalized spacial score (nSPS) is 17.0. The number of hydrogen-bond acceptors (Lipinski definition) is 3. The lowest BCUT2D eigenvalue weighted by Crippen LogP contribution is -2.53. The zero-order chi connectivity index (χ0) is 17.3. The third kappa shape index (κ3) is 3.19. The molecule has 0 aliphatic rings. The van der Waals surface area contributed by atoms with Crippen molar-refractivity contribution in [2.75, 3.05) is 0 Å². The monoisotopic (exact) mass is 325 g/mol. The van der Waals surface area contributed by atoms with Crippen molar-refractivity contribution in [3.63, 3.8) is 0 Å². The van der Waals surface area contributed by atoms with Crippen LogP contribution in [0.4, 0.5) is 8.78 Å². The van der Waals surface area contributed by atoms with Gasteiger partial charge in [0.1, 0.15) is 17.1 Å². The molecule has 0 fully saturated rings. The van der Waals surface area contributed by atoms with Gasteiger partial charge in [0, 0.05) is 18.9 Å². The largest absolute Gasteiger partial charge is 0.383 e. The molecule has 7 heteroatoms. The maximum atomic E-state index is 13.2. The molecule has 2 unspecified atom stereocenters. The van der Waals surface area contributed by atoms with Gasteiger partial charge < -0.3 is 10.1 Å². The van der Waals surface area contributed by atoms with Gasteiger partial charge in [-0.25, -0.2) is 8.78 Å². The van der Waals surface area contributed by atoms with Crippen molar-refractivity contribution in [2.24, 2.45) is 5.41 Å². The van der Waals surface area contributed by atoms with Crippen molar-refractivity contribution in [1.82, 2.24) is 14.8 Å². The molecule has 0 saturated heterocycles. The molecule has 2 N–H and O–H groups in total. The van der Waals surface area contributed by atoms with E-state index in [1.54, 1.807) is 23.1 Å². The molecule has 0 bridgehead atoms. The molecule has 0 saturated carbocycles. The molecule has 0 radical (unpaired) electrons. The van der Waals surface area contributed by atoms with Crippen LogP contribution < -0.4 is 0 Å². The number of halogens is 2. The fraction of sp³-hybridized carbons (Fsp3) is 0.500. The first-order valence-electron chi connectivity index (χ1n) is 7.37. The summed E-state index contributed by atoms with van der Waals surface area (Å²) in [5.74, 6) is -0.473. The SMILES string of the molecule is CC(=O)C(C)(CCn1ccc(-c2ccc[nH]2)n1)C(C)(O)C(F)F. The second-order valence-corrected chi connectivity index (χ2v) is 6.13. The first-order valence-corrected chi connectivity index (χ1v) is 7.37. The van der Waals surface area contributed by atoms with Crippen LogP contribution in [0.2, 0.25) is 0 Å². The van der Waals surface area contributed by atoms with E-state index in [0.717, 1.165) is 18.3 Å².